The van der Waals surface area contributed by atoms with Crippen molar-refractivity contribution in [3.8, 4) is 0 Å². The lowest BCUT2D eigenvalue weighted by Gasteiger charge is -2.27. The highest BCUT2D eigenvalue weighted by Gasteiger charge is 2.55. The van der Waals surface area contributed by atoms with E-state index in [1.807, 2.05) is 6.07 Å². The summed E-state index contributed by atoms with van der Waals surface area (Å²) in [5.74, 6) is -1.54. The summed E-state index contributed by atoms with van der Waals surface area (Å²) in [5.41, 5.74) is 0.512. The van der Waals surface area contributed by atoms with Crippen molar-refractivity contribution in [1.82, 2.24) is 0 Å². The Labute approximate surface area is 135 Å². The molecule has 0 radical (unpaired) electrons. The molecule has 3 rings (SSSR count). The second-order valence-electron chi connectivity index (χ2n) is 6.30. The van der Waals surface area contributed by atoms with Crippen molar-refractivity contribution < 1.29 is 23.9 Å². The summed E-state index contributed by atoms with van der Waals surface area (Å²) in [6, 6.07) is 8.71. The van der Waals surface area contributed by atoms with Crippen molar-refractivity contribution in [2.75, 3.05) is 13.7 Å². The molecule has 0 saturated heterocycles. The van der Waals surface area contributed by atoms with E-state index < -0.39 is 17.8 Å². The zero-order valence-electron chi connectivity index (χ0n) is 13.1. The van der Waals surface area contributed by atoms with E-state index in [-0.39, 0.29) is 30.2 Å². The zero-order chi connectivity index (χ0) is 16.4. The van der Waals surface area contributed by atoms with Crippen LogP contribution in [0.2, 0.25) is 0 Å². The highest BCUT2D eigenvalue weighted by Crippen LogP contribution is 2.53. The largest absolute Gasteiger partial charge is 0.469 e. The summed E-state index contributed by atoms with van der Waals surface area (Å²) in [6.45, 7) is -0.287. The predicted octanol–water partition coefficient (Wildman–Crippen LogP) is 2.25. The average Bonchev–Trinajstić information content (AvgIpc) is 3.20. The molecule has 0 amide bonds. The molecule has 5 nitrogen and oxygen atoms in total. The first-order valence-electron chi connectivity index (χ1n) is 7.94. The molecule has 122 valence electrons. The standard InChI is InChI=1S/C18H20O5/c1-22-17(20)15-12-7-8-13(9-12)16(15)18(21)23-10-14(19)11-5-3-2-4-6-11/h2-6,12-13,15-16H,7-10H2,1H3/t12-,13-,15-,16+/m0/s1. The van der Waals surface area contributed by atoms with Gasteiger partial charge < -0.3 is 9.47 Å². The first-order valence-corrected chi connectivity index (χ1v) is 7.94. The molecule has 1 aromatic rings. The van der Waals surface area contributed by atoms with E-state index in [1.54, 1.807) is 24.3 Å². The van der Waals surface area contributed by atoms with Gasteiger partial charge in [-0.25, -0.2) is 0 Å². The van der Waals surface area contributed by atoms with Gasteiger partial charge in [-0.1, -0.05) is 30.3 Å². The summed E-state index contributed by atoms with van der Waals surface area (Å²) in [6.07, 6.45) is 2.76. The van der Waals surface area contributed by atoms with Crippen LogP contribution in [0.5, 0.6) is 0 Å². The molecule has 2 aliphatic carbocycles. The molecule has 1 aromatic carbocycles. The van der Waals surface area contributed by atoms with E-state index in [0.29, 0.717) is 5.56 Å². The Morgan fingerprint density at radius 3 is 2.22 bits per heavy atom. The van der Waals surface area contributed by atoms with Crippen molar-refractivity contribution in [2.24, 2.45) is 23.7 Å². The maximum atomic E-state index is 12.4. The molecular formula is C18H20O5. The van der Waals surface area contributed by atoms with Crippen molar-refractivity contribution in [3.63, 3.8) is 0 Å². The Kier molecular flexibility index (Phi) is 4.46. The number of ether oxygens (including phenoxy) is 2. The van der Waals surface area contributed by atoms with Crippen LogP contribution in [0, 0.1) is 23.7 Å². The molecular weight excluding hydrogens is 296 g/mol. The molecule has 0 aliphatic heterocycles. The van der Waals surface area contributed by atoms with Crippen molar-refractivity contribution >= 4 is 17.7 Å². The summed E-state index contributed by atoms with van der Waals surface area (Å²) >= 11 is 0. The number of carbonyl (C=O) groups is 3. The highest BCUT2D eigenvalue weighted by molar-refractivity contribution is 5.98. The molecule has 2 fully saturated rings. The summed E-state index contributed by atoms with van der Waals surface area (Å²) < 4.78 is 10.1. The topological polar surface area (TPSA) is 69.7 Å². The van der Waals surface area contributed by atoms with Gasteiger partial charge in [-0.3, -0.25) is 14.4 Å². The third kappa shape index (κ3) is 3.00. The fraction of sp³-hybridized carbons (Fsp3) is 0.500. The molecule has 4 atom stereocenters. The van der Waals surface area contributed by atoms with Crippen LogP contribution in [0.15, 0.2) is 30.3 Å². The van der Waals surface area contributed by atoms with Crippen LogP contribution in [-0.4, -0.2) is 31.4 Å². The second kappa shape index (κ2) is 6.52. The van der Waals surface area contributed by atoms with Gasteiger partial charge in [0.25, 0.3) is 0 Å². The number of esters is 2. The van der Waals surface area contributed by atoms with E-state index in [4.69, 9.17) is 9.47 Å². The number of fused-ring (bicyclic) bond motifs is 2. The predicted molar refractivity (Wildman–Crippen MR) is 81.6 cm³/mol. The third-order valence-corrected chi connectivity index (χ3v) is 5.10. The fourth-order valence-corrected chi connectivity index (χ4v) is 4.05. The molecule has 2 bridgehead atoms. The molecule has 0 heterocycles. The van der Waals surface area contributed by atoms with E-state index in [9.17, 15) is 14.4 Å². The summed E-state index contributed by atoms with van der Waals surface area (Å²) in [5, 5.41) is 0. The number of benzene rings is 1. The van der Waals surface area contributed by atoms with Crippen LogP contribution >= 0.6 is 0 Å². The van der Waals surface area contributed by atoms with Crippen molar-refractivity contribution in [3.05, 3.63) is 35.9 Å². The number of carbonyl (C=O) groups excluding carboxylic acids is 3. The van der Waals surface area contributed by atoms with Crippen LogP contribution in [0.4, 0.5) is 0 Å². The molecule has 23 heavy (non-hydrogen) atoms. The van der Waals surface area contributed by atoms with Crippen LogP contribution in [0.1, 0.15) is 29.6 Å². The van der Waals surface area contributed by atoms with Gasteiger partial charge in [0, 0.05) is 5.56 Å². The number of rotatable bonds is 5. The molecule has 2 aliphatic rings. The lowest BCUT2D eigenvalue weighted by molar-refractivity contribution is -0.161. The molecule has 2 saturated carbocycles. The van der Waals surface area contributed by atoms with E-state index in [0.717, 1.165) is 19.3 Å². The number of methoxy groups -OCH3 is 1. The average molecular weight is 316 g/mol. The Bertz CT molecular complexity index is 609. The lowest BCUT2D eigenvalue weighted by Crippen LogP contribution is -2.37. The monoisotopic (exact) mass is 316 g/mol. The molecule has 0 unspecified atom stereocenters. The molecule has 0 spiro atoms. The van der Waals surface area contributed by atoms with Gasteiger partial charge in [-0.05, 0) is 31.1 Å². The minimum absolute atomic E-state index is 0.170. The number of hydrogen-bond acceptors (Lipinski definition) is 5. The summed E-state index contributed by atoms with van der Waals surface area (Å²) in [7, 11) is 1.34. The van der Waals surface area contributed by atoms with Gasteiger partial charge >= 0.3 is 11.9 Å². The minimum atomic E-state index is -0.468. The van der Waals surface area contributed by atoms with Gasteiger partial charge in [-0.15, -0.1) is 0 Å². The highest BCUT2D eigenvalue weighted by atomic mass is 16.5. The molecule has 0 N–H and O–H groups in total. The van der Waals surface area contributed by atoms with Crippen LogP contribution in [-0.2, 0) is 19.1 Å². The number of hydrogen-bond donors (Lipinski definition) is 0. The van der Waals surface area contributed by atoms with Gasteiger partial charge in [0.2, 0.25) is 0 Å². The lowest BCUT2D eigenvalue weighted by atomic mass is 9.79. The third-order valence-electron chi connectivity index (χ3n) is 5.10. The number of ketones is 1. The van der Waals surface area contributed by atoms with Crippen molar-refractivity contribution in [1.29, 1.82) is 0 Å². The minimum Gasteiger partial charge on any atom is -0.469 e. The van der Waals surface area contributed by atoms with Crippen molar-refractivity contribution in [2.45, 2.75) is 19.3 Å². The zero-order valence-corrected chi connectivity index (χ0v) is 13.1. The molecule has 0 aromatic heterocycles. The number of Topliss-reactive ketones (excluding diaryl/α,β-unsaturated/α-hetero) is 1. The summed E-state index contributed by atoms with van der Waals surface area (Å²) in [4.78, 5) is 36.4. The van der Waals surface area contributed by atoms with Gasteiger partial charge in [0.1, 0.15) is 0 Å². The quantitative estimate of drug-likeness (QED) is 0.615. The Hall–Kier alpha value is -2.17. The van der Waals surface area contributed by atoms with Crippen LogP contribution in [0.3, 0.4) is 0 Å². The van der Waals surface area contributed by atoms with Crippen LogP contribution < -0.4 is 0 Å². The van der Waals surface area contributed by atoms with E-state index >= 15 is 0 Å². The second-order valence-corrected chi connectivity index (χ2v) is 6.30. The fourth-order valence-electron chi connectivity index (χ4n) is 4.05. The van der Waals surface area contributed by atoms with Crippen LogP contribution in [0.25, 0.3) is 0 Å². The Balaban J connectivity index is 1.63. The van der Waals surface area contributed by atoms with E-state index in [2.05, 4.69) is 0 Å². The Morgan fingerprint density at radius 2 is 1.61 bits per heavy atom. The maximum absolute atomic E-state index is 12.4. The van der Waals surface area contributed by atoms with E-state index in [1.165, 1.54) is 7.11 Å². The first-order chi connectivity index (χ1) is 11.1. The van der Waals surface area contributed by atoms with Gasteiger partial charge in [-0.2, -0.15) is 0 Å². The first kappa shape index (κ1) is 15.7. The van der Waals surface area contributed by atoms with Gasteiger partial charge in [0.15, 0.2) is 12.4 Å². The SMILES string of the molecule is COC(=O)[C@H]1[C@H]2CC[C@@H](C2)[C@H]1C(=O)OCC(=O)c1ccccc1. The maximum Gasteiger partial charge on any atom is 0.310 e. The molecule has 5 heteroatoms. The smallest absolute Gasteiger partial charge is 0.310 e. The Morgan fingerprint density at radius 1 is 1.00 bits per heavy atom. The normalized spacial score (nSPS) is 28.4. The van der Waals surface area contributed by atoms with Gasteiger partial charge in [0.05, 0.1) is 18.9 Å².